The van der Waals surface area contributed by atoms with Crippen molar-refractivity contribution in [3.05, 3.63) is 36.3 Å². The average molecular weight is 318 g/mol. The number of carboxylic acids is 1. The Labute approximate surface area is 120 Å². The quantitative estimate of drug-likeness (QED) is 0.398. The minimum absolute atomic E-state index is 0.257. The molecule has 1 aromatic heterocycles. The van der Waals surface area contributed by atoms with Crippen molar-refractivity contribution in [1.29, 1.82) is 0 Å². The molecule has 3 N–H and O–H groups in total. The molecule has 0 aliphatic carbocycles. The normalized spacial score (nSPS) is 24.6. The molecule has 0 unspecified atom stereocenters. The van der Waals surface area contributed by atoms with E-state index >= 15 is 0 Å². The number of hydrogen-bond donors (Lipinski definition) is 3. The minimum atomic E-state index is -1.55. The van der Waals surface area contributed by atoms with Gasteiger partial charge in [-0.2, -0.15) is 0 Å². The first-order valence-corrected chi connectivity index (χ1v) is 5.90. The fourth-order valence-corrected chi connectivity index (χ4v) is 2.13. The molecule has 112 valence electrons. The van der Waals surface area contributed by atoms with Gasteiger partial charge >= 0.3 is 11.7 Å². The molecule has 1 aliphatic heterocycles. The summed E-state index contributed by atoms with van der Waals surface area (Å²) in [4.78, 5) is 38.4. The van der Waals surface area contributed by atoms with E-state index in [4.69, 9.17) is 27.0 Å². The van der Waals surface area contributed by atoms with E-state index in [0.717, 1.165) is 0 Å². The number of nitrogens with zero attached hydrogens (tertiary/aromatic N) is 4. The van der Waals surface area contributed by atoms with Crippen LogP contribution in [0.4, 0.5) is 5.82 Å². The number of aliphatic carboxylic acids is 1. The van der Waals surface area contributed by atoms with E-state index < -0.39 is 46.5 Å². The lowest BCUT2D eigenvalue weighted by Crippen LogP contribution is -2.33. The first-order valence-electron chi connectivity index (χ1n) is 5.52. The first-order chi connectivity index (χ1) is 9.86. The molecule has 0 saturated carbocycles. The van der Waals surface area contributed by atoms with Gasteiger partial charge in [-0.3, -0.25) is 14.3 Å². The van der Waals surface area contributed by atoms with E-state index in [1.165, 1.54) is 0 Å². The van der Waals surface area contributed by atoms with E-state index in [9.17, 15) is 19.5 Å². The molecule has 1 aliphatic rings. The van der Waals surface area contributed by atoms with Crippen LogP contribution in [0.5, 0.6) is 0 Å². The maximum Gasteiger partial charge on any atom is 0.335 e. The fourth-order valence-electron chi connectivity index (χ4n) is 1.95. The Balaban J connectivity index is 2.58. The predicted octanol–water partition coefficient (Wildman–Crippen LogP) is -0.135. The van der Waals surface area contributed by atoms with Gasteiger partial charge < -0.3 is 14.9 Å². The topological polar surface area (TPSA) is 170 Å². The highest BCUT2D eigenvalue weighted by molar-refractivity contribution is 6.32. The SMILES string of the molecule is [N-]=[N+]=Nc1c(Cl)c(=O)[nH]c(=O)n1[C@H]1C[C@H](O)[C@@H](C(=O)O)O1. The van der Waals surface area contributed by atoms with Crippen LogP contribution in [0.15, 0.2) is 14.7 Å². The van der Waals surface area contributed by atoms with E-state index in [-0.39, 0.29) is 6.42 Å². The molecular formula is C9H8ClN5O6. The van der Waals surface area contributed by atoms with Crippen LogP contribution in [0, 0.1) is 0 Å². The molecule has 1 fully saturated rings. The number of hydrogen-bond acceptors (Lipinski definition) is 6. The Bertz CT molecular complexity index is 750. The maximum absolute atomic E-state index is 11.8. The Kier molecular flexibility index (Phi) is 4.00. The Morgan fingerprint density at radius 3 is 2.76 bits per heavy atom. The molecular weight excluding hydrogens is 310 g/mol. The van der Waals surface area contributed by atoms with Crippen LogP contribution >= 0.6 is 11.6 Å². The maximum atomic E-state index is 11.8. The molecule has 12 heteroatoms. The number of rotatable bonds is 3. The van der Waals surface area contributed by atoms with Crippen LogP contribution < -0.4 is 11.2 Å². The summed E-state index contributed by atoms with van der Waals surface area (Å²) in [6.07, 6.45) is -4.42. The first kappa shape index (κ1) is 15.1. The lowest BCUT2D eigenvalue weighted by atomic mass is 10.2. The van der Waals surface area contributed by atoms with Crippen molar-refractivity contribution >= 4 is 23.4 Å². The summed E-state index contributed by atoms with van der Waals surface area (Å²) >= 11 is 5.66. The van der Waals surface area contributed by atoms with Crippen LogP contribution in [-0.4, -0.2) is 37.9 Å². The number of aromatic nitrogens is 2. The summed E-state index contributed by atoms with van der Waals surface area (Å²) in [5, 5.41) is 21.0. The van der Waals surface area contributed by atoms with E-state index in [0.29, 0.717) is 4.57 Å². The molecule has 0 radical (unpaired) electrons. The number of ether oxygens (including phenoxy) is 1. The van der Waals surface area contributed by atoms with Crippen molar-refractivity contribution < 1.29 is 19.7 Å². The van der Waals surface area contributed by atoms with E-state index in [2.05, 4.69) is 10.0 Å². The zero-order valence-corrected chi connectivity index (χ0v) is 10.9. The highest BCUT2D eigenvalue weighted by Gasteiger charge is 2.41. The fraction of sp³-hybridized carbons (Fsp3) is 0.444. The van der Waals surface area contributed by atoms with Crippen molar-refractivity contribution in [3.63, 3.8) is 0 Å². The van der Waals surface area contributed by atoms with E-state index in [1.54, 1.807) is 0 Å². The number of halogens is 1. The van der Waals surface area contributed by atoms with Crippen LogP contribution in [-0.2, 0) is 9.53 Å². The Morgan fingerprint density at radius 1 is 1.57 bits per heavy atom. The number of carbonyl (C=O) groups is 1. The van der Waals surface area contributed by atoms with Crippen LogP contribution in [0.2, 0.25) is 5.02 Å². The van der Waals surface area contributed by atoms with Gasteiger partial charge in [0, 0.05) is 11.3 Å². The van der Waals surface area contributed by atoms with Gasteiger partial charge in [-0.05, 0) is 10.6 Å². The summed E-state index contributed by atoms with van der Waals surface area (Å²) in [6.45, 7) is 0. The van der Waals surface area contributed by atoms with Crippen molar-refractivity contribution in [2.45, 2.75) is 24.9 Å². The number of aliphatic hydroxyl groups is 1. The second-order valence-corrected chi connectivity index (χ2v) is 4.49. The molecule has 0 spiro atoms. The third kappa shape index (κ3) is 2.62. The van der Waals surface area contributed by atoms with Gasteiger partial charge in [0.15, 0.2) is 6.10 Å². The van der Waals surface area contributed by atoms with Crippen molar-refractivity contribution in [2.24, 2.45) is 5.11 Å². The lowest BCUT2D eigenvalue weighted by molar-refractivity contribution is -0.155. The monoisotopic (exact) mass is 317 g/mol. The summed E-state index contributed by atoms with van der Waals surface area (Å²) in [6, 6.07) is 0. The van der Waals surface area contributed by atoms with Crippen LogP contribution in [0.3, 0.4) is 0 Å². The van der Waals surface area contributed by atoms with Crippen molar-refractivity contribution in [1.82, 2.24) is 9.55 Å². The second-order valence-electron chi connectivity index (χ2n) is 4.11. The van der Waals surface area contributed by atoms with Gasteiger partial charge in [-0.1, -0.05) is 11.6 Å². The molecule has 1 saturated heterocycles. The summed E-state index contributed by atoms with van der Waals surface area (Å²) in [5.74, 6) is -1.94. The number of aliphatic hydroxyl groups excluding tert-OH is 1. The largest absolute Gasteiger partial charge is 0.479 e. The molecule has 0 amide bonds. The summed E-state index contributed by atoms with van der Waals surface area (Å²) in [7, 11) is 0. The number of H-pyrrole nitrogens is 1. The van der Waals surface area contributed by atoms with Gasteiger partial charge in [0.05, 0.1) is 6.10 Å². The molecule has 21 heavy (non-hydrogen) atoms. The molecule has 0 aromatic carbocycles. The molecule has 11 nitrogen and oxygen atoms in total. The third-order valence-electron chi connectivity index (χ3n) is 2.83. The van der Waals surface area contributed by atoms with Gasteiger partial charge in [0.25, 0.3) is 5.56 Å². The average Bonchev–Trinajstić information content (AvgIpc) is 2.78. The lowest BCUT2D eigenvalue weighted by Gasteiger charge is -2.16. The van der Waals surface area contributed by atoms with Gasteiger partial charge in [-0.15, -0.1) is 0 Å². The van der Waals surface area contributed by atoms with Gasteiger partial charge in [-0.25, -0.2) is 9.59 Å². The smallest absolute Gasteiger partial charge is 0.335 e. The zero-order chi connectivity index (χ0) is 15.7. The number of carboxylic acid groups (broad SMARTS) is 1. The van der Waals surface area contributed by atoms with Crippen molar-refractivity contribution in [3.8, 4) is 0 Å². The highest BCUT2D eigenvalue weighted by atomic mass is 35.5. The summed E-state index contributed by atoms with van der Waals surface area (Å²) in [5.41, 5.74) is 6.50. The van der Waals surface area contributed by atoms with Crippen LogP contribution in [0.25, 0.3) is 10.4 Å². The predicted molar refractivity (Wildman–Crippen MR) is 67.3 cm³/mol. The zero-order valence-electron chi connectivity index (χ0n) is 10.1. The number of aromatic amines is 1. The molecule has 2 rings (SSSR count). The van der Waals surface area contributed by atoms with Gasteiger partial charge in [0.1, 0.15) is 17.1 Å². The summed E-state index contributed by atoms with van der Waals surface area (Å²) < 4.78 is 5.72. The highest BCUT2D eigenvalue weighted by Crippen LogP contribution is 2.32. The Hall–Kier alpha value is -2.33. The molecule has 2 heterocycles. The minimum Gasteiger partial charge on any atom is -0.479 e. The van der Waals surface area contributed by atoms with Crippen molar-refractivity contribution in [2.75, 3.05) is 0 Å². The standard InChI is InChI=1S/C9H8ClN5O6/c10-4-6(13-14-11)15(9(20)12-7(4)17)3-1-2(16)5(21-3)8(18)19/h2-3,5,16H,1H2,(H,18,19)(H,12,17,20)/t2-,3+,5-/m0/s1. The number of azide groups is 1. The molecule has 3 atom stereocenters. The number of nitrogens with one attached hydrogen (secondary N) is 1. The third-order valence-corrected chi connectivity index (χ3v) is 3.17. The molecule has 1 aromatic rings. The molecule has 0 bridgehead atoms. The van der Waals surface area contributed by atoms with E-state index in [1.807, 2.05) is 4.98 Å². The van der Waals surface area contributed by atoms with Gasteiger partial charge in [0.2, 0.25) is 0 Å². The van der Waals surface area contributed by atoms with Crippen LogP contribution in [0.1, 0.15) is 12.6 Å². The second kappa shape index (κ2) is 5.58. The Morgan fingerprint density at radius 2 is 2.24 bits per heavy atom.